The Labute approximate surface area is 79.8 Å². The van der Waals surface area contributed by atoms with E-state index >= 15 is 0 Å². The fourth-order valence-corrected chi connectivity index (χ4v) is 1.36. The van der Waals surface area contributed by atoms with Gasteiger partial charge in [0.15, 0.2) is 6.29 Å². The summed E-state index contributed by atoms with van der Waals surface area (Å²) < 4.78 is 4.66. The maximum absolute atomic E-state index is 9.41. The lowest BCUT2D eigenvalue weighted by Gasteiger charge is -2.45. The summed E-state index contributed by atoms with van der Waals surface area (Å²) in [6, 6.07) is 0. The monoisotopic (exact) mass is 210 g/mol. The van der Waals surface area contributed by atoms with Crippen molar-refractivity contribution >= 4 is 0 Å². The highest BCUT2D eigenvalue weighted by Crippen LogP contribution is 2.28. The van der Waals surface area contributed by atoms with E-state index in [1.54, 1.807) is 0 Å². The van der Waals surface area contributed by atoms with Crippen LogP contribution in [0.1, 0.15) is 0 Å². The van der Waals surface area contributed by atoms with Crippen molar-refractivity contribution in [3.05, 3.63) is 0 Å². The molecule has 1 saturated heterocycles. The molecule has 1 aliphatic heterocycles. The fourth-order valence-electron chi connectivity index (χ4n) is 1.36. The normalized spacial score (nSPS) is 42.4. The van der Waals surface area contributed by atoms with E-state index in [-0.39, 0.29) is 0 Å². The van der Waals surface area contributed by atoms with Crippen LogP contribution >= 0.6 is 0 Å². The van der Waals surface area contributed by atoms with Crippen molar-refractivity contribution in [2.75, 3.05) is 13.2 Å². The van der Waals surface area contributed by atoms with Gasteiger partial charge in [0.05, 0.1) is 13.2 Å². The first-order valence-corrected chi connectivity index (χ1v) is 4.10. The van der Waals surface area contributed by atoms with Gasteiger partial charge in [-0.25, -0.2) is 0 Å². The van der Waals surface area contributed by atoms with E-state index in [0.717, 1.165) is 0 Å². The molecule has 6 N–H and O–H groups in total. The second-order valence-electron chi connectivity index (χ2n) is 3.32. The SMILES string of the molecule is OCC1(CO)O[C@@H](O)[C@H](O)[C@@H](O)[C@@H]1O. The minimum atomic E-state index is -1.85. The number of aliphatic hydroxyl groups excluding tert-OH is 6. The highest BCUT2D eigenvalue weighted by atomic mass is 16.7. The van der Waals surface area contributed by atoms with Crippen LogP contribution in [0.5, 0.6) is 0 Å². The average Bonchev–Trinajstić information content (AvgIpc) is 2.21. The Morgan fingerprint density at radius 1 is 0.929 bits per heavy atom. The molecule has 4 atom stereocenters. The van der Waals surface area contributed by atoms with Crippen molar-refractivity contribution in [2.45, 2.75) is 30.2 Å². The van der Waals surface area contributed by atoms with Gasteiger partial charge in [-0.3, -0.25) is 0 Å². The minimum Gasteiger partial charge on any atom is -0.393 e. The molecule has 0 aromatic carbocycles. The number of aliphatic hydroxyl groups is 6. The van der Waals surface area contributed by atoms with Crippen LogP contribution in [0.3, 0.4) is 0 Å². The van der Waals surface area contributed by atoms with Gasteiger partial charge in [-0.05, 0) is 0 Å². The number of hydrogen-bond acceptors (Lipinski definition) is 7. The number of hydrogen-bond donors (Lipinski definition) is 6. The molecule has 0 aliphatic carbocycles. The van der Waals surface area contributed by atoms with Crippen LogP contribution in [-0.2, 0) is 4.74 Å². The van der Waals surface area contributed by atoms with Crippen LogP contribution in [-0.4, -0.2) is 74.1 Å². The van der Waals surface area contributed by atoms with Crippen LogP contribution in [0.2, 0.25) is 0 Å². The van der Waals surface area contributed by atoms with Gasteiger partial charge < -0.3 is 35.4 Å². The lowest BCUT2D eigenvalue weighted by atomic mass is 9.88. The molecule has 7 heteroatoms. The Hall–Kier alpha value is -0.280. The summed E-state index contributed by atoms with van der Waals surface area (Å²) in [5.41, 5.74) is -1.85. The van der Waals surface area contributed by atoms with Crippen LogP contribution in [0.25, 0.3) is 0 Å². The summed E-state index contributed by atoms with van der Waals surface area (Å²) in [7, 11) is 0. The summed E-state index contributed by atoms with van der Waals surface area (Å²) >= 11 is 0. The van der Waals surface area contributed by atoms with Gasteiger partial charge in [0.2, 0.25) is 0 Å². The zero-order chi connectivity index (χ0) is 10.9. The summed E-state index contributed by atoms with van der Waals surface area (Å²) in [5.74, 6) is 0. The van der Waals surface area contributed by atoms with Crippen LogP contribution in [0.4, 0.5) is 0 Å². The molecule has 84 valence electrons. The standard InChI is InChI=1S/C7H14O7/c8-1-7(2-9)5(12)3(10)4(11)6(13)14-7/h3-6,8-13H,1-2H2/t3-,4-,5+,6-/m1/s1. The molecule has 1 aliphatic rings. The van der Waals surface area contributed by atoms with Crippen molar-refractivity contribution in [1.82, 2.24) is 0 Å². The highest BCUT2D eigenvalue weighted by Gasteiger charge is 2.52. The lowest BCUT2D eigenvalue weighted by Crippen LogP contribution is -2.67. The zero-order valence-corrected chi connectivity index (χ0v) is 7.32. The molecule has 0 aromatic heterocycles. The van der Waals surface area contributed by atoms with Crippen molar-refractivity contribution < 1.29 is 35.4 Å². The van der Waals surface area contributed by atoms with Crippen molar-refractivity contribution in [3.63, 3.8) is 0 Å². The Balaban J connectivity index is 2.88. The summed E-state index contributed by atoms with van der Waals surface area (Å²) in [6.45, 7) is -1.57. The van der Waals surface area contributed by atoms with Gasteiger partial charge in [0.1, 0.15) is 23.9 Å². The molecule has 7 nitrogen and oxygen atoms in total. The Morgan fingerprint density at radius 3 is 1.86 bits per heavy atom. The van der Waals surface area contributed by atoms with Crippen LogP contribution in [0, 0.1) is 0 Å². The van der Waals surface area contributed by atoms with Crippen molar-refractivity contribution in [3.8, 4) is 0 Å². The van der Waals surface area contributed by atoms with Crippen molar-refractivity contribution in [2.24, 2.45) is 0 Å². The summed E-state index contributed by atoms with van der Waals surface area (Å²) in [4.78, 5) is 0. The first-order chi connectivity index (χ1) is 6.48. The van der Waals surface area contributed by atoms with Crippen LogP contribution in [0.15, 0.2) is 0 Å². The minimum absolute atomic E-state index is 0.786. The van der Waals surface area contributed by atoms with Gasteiger partial charge in [0, 0.05) is 0 Å². The third-order valence-corrected chi connectivity index (χ3v) is 2.40. The fraction of sp³-hybridized carbons (Fsp3) is 1.00. The van der Waals surface area contributed by atoms with Gasteiger partial charge in [0.25, 0.3) is 0 Å². The van der Waals surface area contributed by atoms with E-state index in [2.05, 4.69) is 4.74 Å². The second kappa shape index (κ2) is 4.07. The lowest BCUT2D eigenvalue weighted by molar-refractivity contribution is -0.333. The van der Waals surface area contributed by atoms with E-state index in [9.17, 15) is 10.2 Å². The molecule has 0 aromatic rings. The molecule has 0 radical (unpaired) electrons. The third kappa shape index (κ3) is 1.63. The summed E-state index contributed by atoms with van der Waals surface area (Å²) in [6.07, 6.45) is -6.78. The Kier molecular flexibility index (Phi) is 3.43. The van der Waals surface area contributed by atoms with Crippen molar-refractivity contribution in [1.29, 1.82) is 0 Å². The maximum atomic E-state index is 9.41. The zero-order valence-electron chi connectivity index (χ0n) is 7.32. The number of rotatable bonds is 2. The first-order valence-electron chi connectivity index (χ1n) is 4.10. The largest absolute Gasteiger partial charge is 0.393 e. The molecule has 0 saturated carbocycles. The molecule has 0 amide bonds. The average molecular weight is 210 g/mol. The molecule has 1 heterocycles. The Morgan fingerprint density at radius 2 is 1.43 bits per heavy atom. The second-order valence-corrected chi connectivity index (χ2v) is 3.32. The quantitative estimate of drug-likeness (QED) is 0.275. The maximum Gasteiger partial charge on any atom is 0.184 e. The van der Waals surface area contributed by atoms with E-state index in [1.807, 2.05) is 0 Å². The van der Waals surface area contributed by atoms with Gasteiger partial charge in [-0.2, -0.15) is 0 Å². The van der Waals surface area contributed by atoms with E-state index in [1.165, 1.54) is 0 Å². The van der Waals surface area contributed by atoms with Gasteiger partial charge in [-0.1, -0.05) is 0 Å². The molecular formula is C7H14O7. The Bertz CT molecular complexity index is 192. The highest BCUT2D eigenvalue weighted by molar-refractivity contribution is 4.99. The molecule has 0 unspecified atom stereocenters. The van der Waals surface area contributed by atoms with E-state index in [4.69, 9.17) is 20.4 Å². The molecule has 0 spiro atoms. The molecule has 1 rings (SSSR count). The van der Waals surface area contributed by atoms with E-state index < -0.39 is 43.4 Å². The smallest absolute Gasteiger partial charge is 0.184 e. The predicted octanol–water partition coefficient (Wildman–Crippen LogP) is -3.86. The first kappa shape index (κ1) is 11.8. The van der Waals surface area contributed by atoms with E-state index in [0.29, 0.717) is 0 Å². The third-order valence-electron chi connectivity index (χ3n) is 2.40. The molecule has 1 fully saturated rings. The molecular weight excluding hydrogens is 196 g/mol. The summed E-state index contributed by atoms with van der Waals surface area (Å²) in [5, 5.41) is 54.6. The predicted molar refractivity (Wildman–Crippen MR) is 42.0 cm³/mol. The molecule has 14 heavy (non-hydrogen) atoms. The number of ether oxygens (including phenoxy) is 1. The van der Waals surface area contributed by atoms with Gasteiger partial charge >= 0.3 is 0 Å². The van der Waals surface area contributed by atoms with Gasteiger partial charge in [-0.15, -0.1) is 0 Å². The molecule has 0 bridgehead atoms. The topological polar surface area (TPSA) is 131 Å². The van der Waals surface area contributed by atoms with Crippen LogP contribution < -0.4 is 0 Å².